The van der Waals surface area contributed by atoms with Gasteiger partial charge in [-0.1, -0.05) is 18.3 Å². The first-order valence-electron chi connectivity index (χ1n) is 6.31. The summed E-state index contributed by atoms with van der Waals surface area (Å²) in [6.07, 6.45) is 0.298. The Bertz CT molecular complexity index is 474. The van der Waals surface area contributed by atoms with Crippen molar-refractivity contribution in [1.29, 1.82) is 0 Å². The second-order valence-electron chi connectivity index (χ2n) is 5.19. The van der Waals surface area contributed by atoms with Crippen molar-refractivity contribution >= 4 is 28.2 Å². The minimum atomic E-state index is -0.319. The molecule has 1 amide bonds. The summed E-state index contributed by atoms with van der Waals surface area (Å²) in [6.45, 7) is 3.08. The van der Waals surface area contributed by atoms with Crippen molar-refractivity contribution in [2.24, 2.45) is 5.92 Å². The van der Waals surface area contributed by atoms with Crippen LogP contribution in [0.4, 0.5) is 10.9 Å². The lowest BCUT2D eigenvalue weighted by Crippen LogP contribution is -2.44. The van der Waals surface area contributed by atoms with Crippen LogP contribution in [0.1, 0.15) is 23.0 Å². The van der Waals surface area contributed by atoms with Gasteiger partial charge in [0.2, 0.25) is 0 Å². The SMILES string of the molecule is CC1CN(C(=O)c2sc(N(C)C)nc2N)CCC1O. The van der Waals surface area contributed by atoms with Crippen LogP contribution in [0.15, 0.2) is 0 Å². The molecule has 0 aliphatic carbocycles. The number of carbonyl (C=O) groups is 1. The Morgan fingerprint density at radius 3 is 2.79 bits per heavy atom. The lowest BCUT2D eigenvalue weighted by Gasteiger charge is -2.34. The molecule has 1 aliphatic rings. The lowest BCUT2D eigenvalue weighted by atomic mass is 9.97. The predicted octanol–water partition coefficient (Wildman–Crippen LogP) is 0.634. The number of nitrogens with two attached hydrogens (primary N) is 1. The van der Waals surface area contributed by atoms with Crippen molar-refractivity contribution in [3.8, 4) is 0 Å². The zero-order valence-corrected chi connectivity index (χ0v) is 12.3. The third-order valence-electron chi connectivity index (χ3n) is 3.37. The monoisotopic (exact) mass is 284 g/mol. The molecule has 2 rings (SSSR count). The zero-order valence-electron chi connectivity index (χ0n) is 11.5. The fraction of sp³-hybridized carbons (Fsp3) is 0.667. The van der Waals surface area contributed by atoms with E-state index in [1.165, 1.54) is 11.3 Å². The van der Waals surface area contributed by atoms with E-state index in [0.717, 1.165) is 5.13 Å². The van der Waals surface area contributed by atoms with Crippen molar-refractivity contribution < 1.29 is 9.90 Å². The van der Waals surface area contributed by atoms with E-state index in [9.17, 15) is 9.90 Å². The fourth-order valence-corrected chi connectivity index (χ4v) is 3.00. The highest BCUT2D eigenvalue weighted by molar-refractivity contribution is 7.18. The summed E-state index contributed by atoms with van der Waals surface area (Å²) in [5.74, 6) is 0.305. The van der Waals surface area contributed by atoms with E-state index in [4.69, 9.17) is 5.73 Å². The van der Waals surface area contributed by atoms with Crippen LogP contribution < -0.4 is 10.6 Å². The third kappa shape index (κ3) is 2.82. The average Bonchev–Trinajstić information content (AvgIpc) is 2.74. The topological polar surface area (TPSA) is 82.7 Å². The van der Waals surface area contributed by atoms with E-state index in [0.29, 0.717) is 24.4 Å². The van der Waals surface area contributed by atoms with E-state index in [1.54, 1.807) is 4.90 Å². The Morgan fingerprint density at radius 2 is 2.26 bits per heavy atom. The highest BCUT2D eigenvalue weighted by Crippen LogP contribution is 2.29. The minimum Gasteiger partial charge on any atom is -0.393 e. The van der Waals surface area contributed by atoms with Crippen LogP contribution in [0.2, 0.25) is 0 Å². The summed E-state index contributed by atoms with van der Waals surface area (Å²) in [6, 6.07) is 0. The Kier molecular flexibility index (Phi) is 3.96. The van der Waals surface area contributed by atoms with Gasteiger partial charge in [-0.25, -0.2) is 4.98 Å². The van der Waals surface area contributed by atoms with Crippen LogP contribution in [0.25, 0.3) is 0 Å². The molecule has 1 aromatic heterocycles. The summed E-state index contributed by atoms with van der Waals surface area (Å²) in [5, 5.41) is 10.4. The minimum absolute atomic E-state index is 0.0816. The molecule has 2 heterocycles. The number of piperidine rings is 1. The maximum atomic E-state index is 12.4. The maximum absolute atomic E-state index is 12.4. The number of anilines is 2. The number of carbonyl (C=O) groups excluding carboxylic acids is 1. The zero-order chi connectivity index (χ0) is 14.2. The number of hydrogen-bond donors (Lipinski definition) is 2. The third-order valence-corrected chi connectivity index (χ3v) is 4.59. The van der Waals surface area contributed by atoms with Crippen LogP contribution >= 0.6 is 11.3 Å². The first-order valence-corrected chi connectivity index (χ1v) is 7.12. The molecule has 1 aromatic rings. The maximum Gasteiger partial charge on any atom is 0.267 e. The van der Waals surface area contributed by atoms with Crippen LogP contribution in [0, 0.1) is 5.92 Å². The second kappa shape index (κ2) is 5.34. The van der Waals surface area contributed by atoms with Gasteiger partial charge in [0.1, 0.15) is 10.7 Å². The molecule has 1 aliphatic heterocycles. The van der Waals surface area contributed by atoms with Gasteiger partial charge in [-0.15, -0.1) is 0 Å². The lowest BCUT2D eigenvalue weighted by molar-refractivity contribution is 0.0301. The first kappa shape index (κ1) is 14.1. The van der Waals surface area contributed by atoms with Crippen LogP contribution in [0.5, 0.6) is 0 Å². The molecule has 3 N–H and O–H groups in total. The molecule has 7 heteroatoms. The largest absolute Gasteiger partial charge is 0.393 e. The van der Waals surface area contributed by atoms with Crippen LogP contribution in [-0.4, -0.2) is 54.2 Å². The molecule has 0 aromatic carbocycles. The molecule has 2 atom stereocenters. The Balaban J connectivity index is 2.16. The molecule has 1 saturated heterocycles. The van der Waals surface area contributed by atoms with Gasteiger partial charge in [0.15, 0.2) is 5.13 Å². The number of nitrogens with zero attached hydrogens (tertiary/aromatic N) is 3. The number of aromatic nitrogens is 1. The van der Waals surface area contributed by atoms with Gasteiger partial charge >= 0.3 is 0 Å². The number of aliphatic hydroxyl groups excluding tert-OH is 1. The predicted molar refractivity (Wildman–Crippen MR) is 76.5 cm³/mol. The van der Waals surface area contributed by atoms with E-state index < -0.39 is 0 Å². The molecule has 0 bridgehead atoms. The molecule has 0 saturated carbocycles. The highest BCUT2D eigenvalue weighted by Gasteiger charge is 2.30. The number of amides is 1. The normalized spacial score (nSPS) is 23.5. The number of likely N-dealkylation sites (tertiary alicyclic amines) is 1. The summed E-state index contributed by atoms with van der Waals surface area (Å²) < 4.78 is 0. The number of nitrogen functional groups attached to an aromatic ring is 1. The molecule has 6 nitrogen and oxygen atoms in total. The smallest absolute Gasteiger partial charge is 0.267 e. The van der Waals surface area contributed by atoms with Crippen molar-refractivity contribution in [1.82, 2.24) is 9.88 Å². The van der Waals surface area contributed by atoms with Gasteiger partial charge in [-0.2, -0.15) is 0 Å². The van der Waals surface area contributed by atoms with E-state index >= 15 is 0 Å². The Hall–Kier alpha value is -1.34. The molecular formula is C12H20N4O2S. The number of hydrogen-bond acceptors (Lipinski definition) is 6. The quantitative estimate of drug-likeness (QED) is 0.832. The van der Waals surface area contributed by atoms with Gasteiger partial charge in [0, 0.05) is 27.2 Å². The summed E-state index contributed by atoms with van der Waals surface area (Å²) in [4.78, 5) is 20.7. The molecule has 19 heavy (non-hydrogen) atoms. The average molecular weight is 284 g/mol. The van der Waals surface area contributed by atoms with Crippen molar-refractivity contribution in [3.63, 3.8) is 0 Å². The van der Waals surface area contributed by atoms with Crippen LogP contribution in [-0.2, 0) is 0 Å². The summed E-state index contributed by atoms with van der Waals surface area (Å²) in [5.41, 5.74) is 5.82. The van der Waals surface area contributed by atoms with E-state index in [1.807, 2.05) is 25.9 Å². The molecule has 0 spiro atoms. The Labute approximate surface area is 116 Å². The Morgan fingerprint density at radius 1 is 1.58 bits per heavy atom. The van der Waals surface area contributed by atoms with Crippen molar-refractivity contribution in [2.45, 2.75) is 19.4 Å². The van der Waals surface area contributed by atoms with Crippen molar-refractivity contribution in [2.75, 3.05) is 37.8 Å². The summed E-state index contributed by atoms with van der Waals surface area (Å²) in [7, 11) is 3.73. The van der Waals surface area contributed by atoms with Gasteiger partial charge in [-0.3, -0.25) is 4.79 Å². The van der Waals surface area contributed by atoms with Crippen LogP contribution in [0.3, 0.4) is 0 Å². The van der Waals surface area contributed by atoms with Gasteiger partial charge < -0.3 is 20.6 Å². The van der Waals surface area contributed by atoms with Crippen molar-refractivity contribution in [3.05, 3.63) is 4.88 Å². The van der Waals surface area contributed by atoms with E-state index in [-0.39, 0.29) is 23.7 Å². The second-order valence-corrected chi connectivity index (χ2v) is 6.17. The highest BCUT2D eigenvalue weighted by atomic mass is 32.1. The van der Waals surface area contributed by atoms with Gasteiger partial charge in [0.05, 0.1) is 6.10 Å². The number of aliphatic hydroxyl groups is 1. The van der Waals surface area contributed by atoms with E-state index in [2.05, 4.69) is 4.98 Å². The van der Waals surface area contributed by atoms with Gasteiger partial charge in [-0.05, 0) is 12.3 Å². The number of thiazole rings is 1. The summed E-state index contributed by atoms with van der Waals surface area (Å²) >= 11 is 1.31. The fourth-order valence-electron chi connectivity index (χ4n) is 2.13. The standard InChI is InChI=1S/C12H20N4O2S/c1-7-6-16(5-4-8(7)17)11(18)9-10(13)14-12(19-9)15(2)3/h7-8,17H,4-6,13H2,1-3H3. The van der Waals surface area contributed by atoms with Gasteiger partial charge in [0.25, 0.3) is 5.91 Å². The molecular weight excluding hydrogens is 264 g/mol. The molecule has 106 valence electrons. The molecule has 2 unspecified atom stereocenters. The molecule has 0 radical (unpaired) electrons. The first-order chi connectivity index (χ1) is 8.90. The number of rotatable bonds is 2. The molecule has 1 fully saturated rings.